The molecule has 0 spiro atoms. The minimum atomic E-state index is 0.134. The zero-order valence-corrected chi connectivity index (χ0v) is 15.9. The molecule has 1 aliphatic carbocycles. The number of aryl methyl sites for hydroxylation is 1. The first-order chi connectivity index (χ1) is 12.0. The van der Waals surface area contributed by atoms with Crippen molar-refractivity contribution < 1.29 is 9.53 Å². The van der Waals surface area contributed by atoms with Gasteiger partial charge in [-0.05, 0) is 86.7 Å². The van der Waals surface area contributed by atoms with Gasteiger partial charge in [-0.2, -0.15) is 0 Å². The van der Waals surface area contributed by atoms with Crippen molar-refractivity contribution in [1.82, 2.24) is 10.2 Å². The number of hydrogen-bond donors (Lipinski definition) is 1. The lowest BCUT2D eigenvalue weighted by molar-refractivity contribution is -0.127. The molecule has 4 heteroatoms. The van der Waals surface area contributed by atoms with E-state index < -0.39 is 0 Å². The van der Waals surface area contributed by atoms with Crippen molar-refractivity contribution >= 4 is 5.91 Å². The van der Waals surface area contributed by atoms with Crippen LogP contribution in [-0.4, -0.2) is 44.6 Å². The van der Waals surface area contributed by atoms with Gasteiger partial charge < -0.3 is 15.0 Å². The highest BCUT2D eigenvalue weighted by Crippen LogP contribution is 2.49. The molecule has 0 radical (unpaired) electrons. The van der Waals surface area contributed by atoms with Crippen LogP contribution < -0.4 is 10.1 Å². The van der Waals surface area contributed by atoms with E-state index in [1.54, 1.807) is 19.0 Å². The van der Waals surface area contributed by atoms with Crippen molar-refractivity contribution in [3.8, 4) is 5.75 Å². The fraction of sp³-hybridized carbons (Fsp3) is 0.667. The first-order valence-corrected chi connectivity index (χ1v) is 9.68. The van der Waals surface area contributed by atoms with E-state index in [1.165, 1.54) is 38.8 Å². The quantitative estimate of drug-likeness (QED) is 0.827. The molecule has 1 saturated heterocycles. The molecular weight excluding hydrogens is 312 g/mol. The fourth-order valence-corrected chi connectivity index (χ4v) is 4.06. The van der Waals surface area contributed by atoms with Crippen molar-refractivity contribution in [1.29, 1.82) is 0 Å². The maximum absolute atomic E-state index is 11.9. The number of likely N-dealkylation sites (N-methyl/N-ethyl adjacent to an activating group) is 1. The molecule has 138 valence electrons. The van der Waals surface area contributed by atoms with E-state index >= 15 is 0 Å². The maximum atomic E-state index is 11.9. The smallest absolute Gasteiger partial charge is 0.226 e. The van der Waals surface area contributed by atoms with Gasteiger partial charge in [0.05, 0.1) is 13.0 Å². The molecule has 2 aliphatic rings. The maximum Gasteiger partial charge on any atom is 0.226 e. The van der Waals surface area contributed by atoms with Crippen LogP contribution in [0, 0.1) is 24.7 Å². The van der Waals surface area contributed by atoms with Crippen LogP contribution in [0.5, 0.6) is 5.75 Å². The molecule has 0 unspecified atom stereocenters. The molecule has 0 aromatic heterocycles. The Hall–Kier alpha value is -1.55. The second-order valence-electron chi connectivity index (χ2n) is 7.94. The Morgan fingerprint density at radius 3 is 2.72 bits per heavy atom. The van der Waals surface area contributed by atoms with Crippen LogP contribution in [0.25, 0.3) is 0 Å². The van der Waals surface area contributed by atoms with Gasteiger partial charge in [0.2, 0.25) is 5.91 Å². The molecule has 2 fully saturated rings. The van der Waals surface area contributed by atoms with E-state index in [0.29, 0.717) is 6.42 Å². The standard InChI is InChI=1S/C21H32N2O2/c1-15-12-19(5-4-17(15)14-21(24)23(2)3)25-11-8-18-13-20(18)16-6-9-22-10-7-16/h4-5,12,16,18,20,22H,6-11,13-14H2,1-3H3/t18-,20-/m1/s1. The number of carbonyl (C=O) groups is 1. The highest BCUT2D eigenvalue weighted by atomic mass is 16.5. The Bertz CT molecular complexity index is 594. The lowest BCUT2D eigenvalue weighted by Crippen LogP contribution is -2.29. The van der Waals surface area contributed by atoms with Gasteiger partial charge in [-0.15, -0.1) is 0 Å². The van der Waals surface area contributed by atoms with Crippen molar-refractivity contribution in [3.05, 3.63) is 29.3 Å². The third-order valence-corrected chi connectivity index (χ3v) is 5.88. The van der Waals surface area contributed by atoms with E-state index in [2.05, 4.69) is 18.3 Å². The van der Waals surface area contributed by atoms with Crippen LogP contribution in [-0.2, 0) is 11.2 Å². The van der Waals surface area contributed by atoms with Crippen LogP contribution in [0.1, 0.15) is 36.8 Å². The normalized spacial score (nSPS) is 23.3. The Balaban J connectivity index is 1.41. The van der Waals surface area contributed by atoms with Crippen LogP contribution in [0.4, 0.5) is 0 Å². The summed E-state index contributed by atoms with van der Waals surface area (Å²) in [6.45, 7) is 5.26. The molecule has 3 rings (SSSR count). The van der Waals surface area contributed by atoms with E-state index in [4.69, 9.17) is 4.74 Å². The topological polar surface area (TPSA) is 41.6 Å². The molecule has 25 heavy (non-hydrogen) atoms. The molecule has 1 aromatic rings. The third-order valence-electron chi connectivity index (χ3n) is 5.88. The van der Waals surface area contributed by atoms with E-state index in [9.17, 15) is 4.79 Å². The van der Waals surface area contributed by atoms with Crippen LogP contribution >= 0.6 is 0 Å². The second kappa shape index (κ2) is 8.22. The number of hydrogen-bond acceptors (Lipinski definition) is 3. The van der Waals surface area contributed by atoms with Gasteiger partial charge in [0.15, 0.2) is 0 Å². The number of ether oxygens (including phenoxy) is 1. The van der Waals surface area contributed by atoms with Crippen LogP contribution in [0.15, 0.2) is 18.2 Å². The zero-order chi connectivity index (χ0) is 17.8. The summed E-state index contributed by atoms with van der Waals surface area (Å²) in [5.41, 5.74) is 2.21. The van der Waals surface area contributed by atoms with E-state index in [1.807, 2.05) is 12.1 Å². The lowest BCUT2D eigenvalue weighted by Gasteiger charge is -2.22. The molecule has 0 bridgehead atoms. The summed E-state index contributed by atoms with van der Waals surface area (Å²) >= 11 is 0. The summed E-state index contributed by atoms with van der Waals surface area (Å²) < 4.78 is 5.97. The molecule has 1 heterocycles. The molecule has 1 saturated carbocycles. The minimum absolute atomic E-state index is 0.134. The van der Waals surface area contributed by atoms with Crippen LogP contribution in [0.3, 0.4) is 0 Å². The number of benzene rings is 1. The second-order valence-corrected chi connectivity index (χ2v) is 7.94. The summed E-state index contributed by atoms with van der Waals surface area (Å²) in [4.78, 5) is 13.5. The van der Waals surface area contributed by atoms with Gasteiger partial charge in [0.25, 0.3) is 0 Å². The average molecular weight is 344 g/mol. The number of nitrogens with zero attached hydrogens (tertiary/aromatic N) is 1. The Labute approximate surface area is 151 Å². The molecule has 2 atom stereocenters. The Morgan fingerprint density at radius 2 is 2.04 bits per heavy atom. The van der Waals surface area contributed by atoms with Gasteiger partial charge >= 0.3 is 0 Å². The molecule has 1 N–H and O–H groups in total. The number of nitrogens with one attached hydrogen (secondary N) is 1. The van der Waals surface area contributed by atoms with E-state index in [0.717, 1.165) is 41.2 Å². The lowest BCUT2D eigenvalue weighted by atomic mass is 9.91. The Morgan fingerprint density at radius 1 is 1.28 bits per heavy atom. The highest BCUT2D eigenvalue weighted by Gasteiger charge is 2.42. The predicted molar refractivity (Wildman–Crippen MR) is 101 cm³/mol. The summed E-state index contributed by atoms with van der Waals surface area (Å²) in [7, 11) is 3.59. The van der Waals surface area contributed by atoms with Gasteiger partial charge in [0.1, 0.15) is 5.75 Å². The summed E-state index contributed by atoms with van der Waals surface area (Å²) in [6.07, 6.45) is 5.75. The van der Waals surface area contributed by atoms with Gasteiger partial charge in [-0.1, -0.05) is 6.07 Å². The monoisotopic (exact) mass is 344 g/mol. The average Bonchev–Trinajstić information content (AvgIpc) is 3.37. The highest BCUT2D eigenvalue weighted by molar-refractivity contribution is 5.78. The predicted octanol–water partition coefficient (Wildman–Crippen LogP) is 3.03. The first-order valence-electron chi connectivity index (χ1n) is 9.68. The van der Waals surface area contributed by atoms with Gasteiger partial charge in [0, 0.05) is 14.1 Å². The SMILES string of the molecule is Cc1cc(OCC[C@@H]2C[C@@H]2C2CCNCC2)ccc1CC(=O)N(C)C. The number of rotatable bonds is 7. The first kappa shape index (κ1) is 18.2. The molecule has 1 aromatic carbocycles. The summed E-state index contributed by atoms with van der Waals surface area (Å²) in [5, 5.41) is 3.46. The summed E-state index contributed by atoms with van der Waals surface area (Å²) in [5.74, 6) is 3.84. The molecule has 1 aliphatic heterocycles. The van der Waals surface area contributed by atoms with Crippen molar-refractivity contribution in [2.45, 2.75) is 39.0 Å². The number of amides is 1. The van der Waals surface area contributed by atoms with Crippen molar-refractivity contribution in [2.75, 3.05) is 33.8 Å². The van der Waals surface area contributed by atoms with Crippen molar-refractivity contribution in [3.63, 3.8) is 0 Å². The van der Waals surface area contributed by atoms with E-state index in [-0.39, 0.29) is 5.91 Å². The van der Waals surface area contributed by atoms with Gasteiger partial charge in [-0.25, -0.2) is 0 Å². The number of piperidine rings is 1. The molecular formula is C21H32N2O2. The number of carbonyl (C=O) groups excluding carboxylic acids is 1. The Kier molecular flexibility index (Phi) is 6.00. The largest absolute Gasteiger partial charge is 0.494 e. The third kappa shape index (κ3) is 4.97. The molecule has 4 nitrogen and oxygen atoms in total. The van der Waals surface area contributed by atoms with Gasteiger partial charge in [-0.3, -0.25) is 4.79 Å². The molecule has 1 amide bonds. The zero-order valence-electron chi connectivity index (χ0n) is 15.9. The van der Waals surface area contributed by atoms with Crippen LogP contribution in [0.2, 0.25) is 0 Å². The van der Waals surface area contributed by atoms with Crippen molar-refractivity contribution in [2.24, 2.45) is 17.8 Å². The minimum Gasteiger partial charge on any atom is -0.494 e. The summed E-state index contributed by atoms with van der Waals surface area (Å²) in [6, 6.07) is 6.10. The fourth-order valence-electron chi connectivity index (χ4n) is 4.06.